The van der Waals surface area contributed by atoms with E-state index in [0.29, 0.717) is 13.0 Å². The highest BCUT2D eigenvalue weighted by Gasteiger charge is 2.31. The second-order valence-electron chi connectivity index (χ2n) is 5.21. The lowest BCUT2D eigenvalue weighted by atomic mass is 10.0. The number of hydrogen-bond donors (Lipinski definition) is 1. The zero-order valence-electron chi connectivity index (χ0n) is 13.4. The van der Waals surface area contributed by atoms with Crippen LogP contribution in [0.3, 0.4) is 0 Å². The minimum absolute atomic E-state index is 0. The molecule has 124 valence electrons. The first-order valence-electron chi connectivity index (χ1n) is 7.37. The van der Waals surface area contributed by atoms with Crippen LogP contribution in [0.15, 0.2) is 18.2 Å². The molecule has 0 saturated carbocycles. The Morgan fingerprint density at radius 3 is 2.77 bits per heavy atom. The van der Waals surface area contributed by atoms with Crippen molar-refractivity contribution < 1.29 is 14.3 Å². The molecule has 0 aliphatic carbocycles. The second kappa shape index (κ2) is 8.86. The van der Waals surface area contributed by atoms with Gasteiger partial charge in [-0.2, -0.15) is 0 Å². The first-order valence-corrected chi connectivity index (χ1v) is 7.37. The third-order valence-electron chi connectivity index (χ3n) is 3.96. The van der Waals surface area contributed by atoms with E-state index in [2.05, 4.69) is 5.32 Å². The number of hydrogen-bond acceptors (Lipinski definition) is 4. The molecule has 1 unspecified atom stereocenters. The van der Waals surface area contributed by atoms with Crippen molar-refractivity contribution in [3.05, 3.63) is 23.8 Å². The number of carbonyl (C=O) groups excluding carboxylic acids is 1. The predicted octanol–water partition coefficient (Wildman–Crippen LogP) is 2.40. The van der Waals surface area contributed by atoms with Crippen LogP contribution in [0.1, 0.15) is 30.9 Å². The highest BCUT2D eigenvalue weighted by Crippen LogP contribution is 2.38. The van der Waals surface area contributed by atoms with Crippen LogP contribution in [0.5, 0.6) is 11.5 Å². The first-order chi connectivity index (χ1) is 10.2. The summed E-state index contributed by atoms with van der Waals surface area (Å²) in [5.74, 6) is 1.75. The van der Waals surface area contributed by atoms with Gasteiger partial charge in [-0.3, -0.25) is 4.79 Å². The Morgan fingerprint density at radius 1 is 1.36 bits per heavy atom. The lowest BCUT2D eigenvalue weighted by Gasteiger charge is -2.26. The number of benzene rings is 1. The van der Waals surface area contributed by atoms with Crippen molar-refractivity contribution in [1.82, 2.24) is 10.2 Å². The van der Waals surface area contributed by atoms with Gasteiger partial charge < -0.3 is 19.7 Å². The lowest BCUT2D eigenvalue weighted by molar-refractivity contribution is -0.132. The number of nitrogens with zero attached hydrogens (tertiary/aromatic N) is 1. The zero-order chi connectivity index (χ0) is 15.2. The Morgan fingerprint density at radius 2 is 2.14 bits per heavy atom. The molecular formula is C16H25ClN2O3. The molecule has 1 aliphatic rings. The van der Waals surface area contributed by atoms with Crippen LogP contribution in [0.2, 0.25) is 0 Å². The van der Waals surface area contributed by atoms with E-state index < -0.39 is 0 Å². The standard InChI is InChI=1S/C16H24N2O3.ClH/c1-17-9-8-16(19)18-10-4-5-14(18)13-7-6-12(20-2)11-15(13)21-3;/h6-7,11,14,17H,4-5,8-10H2,1-3H3;1H. The normalized spacial score (nSPS) is 17.0. The molecule has 1 aromatic rings. The number of carbonyl (C=O) groups is 1. The fourth-order valence-corrected chi connectivity index (χ4v) is 2.86. The molecule has 1 N–H and O–H groups in total. The minimum Gasteiger partial charge on any atom is -0.497 e. The number of halogens is 1. The summed E-state index contributed by atoms with van der Waals surface area (Å²) in [5, 5.41) is 3.03. The first kappa shape index (κ1) is 18.6. The van der Waals surface area contributed by atoms with Crippen LogP contribution in [-0.2, 0) is 4.79 Å². The van der Waals surface area contributed by atoms with Gasteiger partial charge in [0.2, 0.25) is 5.91 Å². The van der Waals surface area contributed by atoms with Crippen molar-refractivity contribution in [3.8, 4) is 11.5 Å². The number of nitrogens with one attached hydrogen (secondary N) is 1. The number of methoxy groups -OCH3 is 2. The van der Waals surface area contributed by atoms with Crippen molar-refractivity contribution in [3.63, 3.8) is 0 Å². The zero-order valence-corrected chi connectivity index (χ0v) is 14.2. The molecule has 1 heterocycles. The molecule has 1 amide bonds. The number of amides is 1. The summed E-state index contributed by atoms with van der Waals surface area (Å²) in [6, 6.07) is 5.91. The molecule has 1 saturated heterocycles. The van der Waals surface area contributed by atoms with Gasteiger partial charge in [-0.05, 0) is 32.0 Å². The maximum atomic E-state index is 12.3. The van der Waals surface area contributed by atoms with Gasteiger partial charge in [0.25, 0.3) is 0 Å². The van der Waals surface area contributed by atoms with Gasteiger partial charge in [-0.25, -0.2) is 0 Å². The van der Waals surface area contributed by atoms with E-state index >= 15 is 0 Å². The van der Waals surface area contributed by atoms with Crippen LogP contribution in [0.4, 0.5) is 0 Å². The van der Waals surface area contributed by atoms with Crippen LogP contribution < -0.4 is 14.8 Å². The Labute approximate surface area is 138 Å². The van der Waals surface area contributed by atoms with E-state index in [4.69, 9.17) is 9.47 Å². The van der Waals surface area contributed by atoms with Crippen molar-refractivity contribution in [2.45, 2.75) is 25.3 Å². The van der Waals surface area contributed by atoms with Gasteiger partial charge >= 0.3 is 0 Å². The molecule has 2 rings (SSSR count). The van der Waals surface area contributed by atoms with Crippen LogP contribution >= 0.6 is 12.4 Å². The van der Waals surface area contributed by atoms with Crippen molar-refractivity contribution in [2.24, 2.45) is 0 Å². The molecule has 1 atom stereocenters. The van der Waals surface area contributed by atoms with Crippen LogP contribution in [0.25, 0.3) is 0 Å². The molecule has 1 fully saturated rings. The van der Waals surface area contributed by atoms with E-state index in [9.17, 15) is 4.79 Å². The van der Waals surface area contributed by atoms with Crippen molar-refractivity contribution in [2.75, 3.05) is 34.4 Å². The maximum absolute atomic E-state index is 12.3. The monoisotopic (exact) mass is 328 g/mol. The lowest BCUT2D eigenvalue weighted by Crippen LogP contribution is -2.32. The molecule has 22 heavy (non-hydrogen) atoms. The minimum atomic E-state index is 0. The summed E-state index contributed by atoms with van der Waals surface area (Å²) in [6.07, 6.45) is 2.55. The third kappa shape index (κ3) is 4.05. The van der Waals surface area contributed by atoms with Gasteiger partial charge in [-0.15, -0.1) is 12.4 Å². The summed E-state index contributed by atoms with van der Waals surface area (Å²) >= 11 is 0. The van der Waals surface area contributed by atoms with Crippen molar-refractivity contribution in [1.29, 1.82) is 0 Å². The Kier molecular flexibility index (Phi) is 7.48. The molecule has 0 aromatic heterocycles. The summed E-state index contributed by atoms with van der Waals surface area (Å²) in [6.45, 7) is 1.53. The largest absolute Gasteiger partial charge is 0.497 e. The Bertz CT molecular complexity index is 496. The van der Waals surface area contributed by atoms with E-state index in [-0.39, 0.29) is 24.4 Å². The molecule has 0 radical (unpaired) electrons. The predicted molar refractivity (Wildman–Crippen MR) is 89.0 cm³/mol. The molecular weight excluding hydrogens is 304 g/mol. The Balaban J connectivity index is 0.00000242. The van der Waals surface area contributed by atoms with Gasteiger partial charge in [0.05, 0.1) is 20.3 Å². The molecule has 0 spiro atoms. The SMILES string of the molecule is CNCCC(=O)N1CCCC1c1ccc(OC)cc1OC.Cl. The summed E-state index contributed by atoms with van der Waals surface area (Å²) in [7, 11) is 5.15. The average Bonchev–Trinajstić information content (AvgIpc) is 3.01. The van der Waals surface area contributed by atoms with E-state index in [1.54, 1.807) is 14.2 Å². The van der Waals surface area contributed by atoms with Crippen molar-refractivity contribution >= 4 is 18.3 Å². The topological polar surface area (TPSA) is 50.8 Å². The quantitative estimate of drug-likeness (QED) is 0.871. The summed E-state index contributed by atoms with van der Waals surface area (Å²) < 4.78 is 10.7. The maximum Gasteiger partial charge on any atom is 0.224 e. The molecule has 1 aliphatic heterocycles. The Hall–Kier alpha value is -1.46. The van der Waals surface area contributed by atoms with Gasteiger partial charge in [-0.1, -0.05) is 0 Å². The number of ether oxygens (including phenoxy) is 2. The number of likely N-dealkylation sites (tertiary alicyclic amines) is 1. The highest BCUT2D eigenvalue weighted by atomic mass is 35.5. The van der Waals surface area contributed by atoms with Gasteiger partial charge in [0.15, 0.2) is 0 Å². The fourth-order valence-electron chi connectivity index (χ4n) is 2.86. The van der Waals surface area contributed by atoms with E-state index in [0.717, 1.165) is 36.4 Å². The van der Waals surface area contributed by atoms with Crippen LogP contribution in [0, 0.1) is 0 Å². The number of rotatable bonds is 6. The highest BCUT2D eigenvalue weighted by molar-refractivity contribution is 5.85. The second-order valence-corrected chi connectivity index (χ2v) is 5.21. The van der Waals surface area contributed by atoms with E-state index in [1.165, 1.54) is 0 Å². The van der Waals surface area contributed by atoms with Gasteiger partial charge in [0.1, 0.15) is 11.5 Å². The van der Waals surface area contributed by atoms with E-state index in [1.807, 2.05) is 30.1 Å². The molecule has 6 heteroatoms. The summed E-state index contributed by atoms with van der Waals surface area (Å²) in [4.78, 5) is 14.3. The average molecular weight is 329 g/mol. The molecule has 5 nitrogen and oxygen atoms in total. The van der Waals surface area contributed by atoms with Crippen LogP contribution in [-0.4, -0.2) is 45.2 Å². The summed E-state index contributed by atoms with van der Waals surface area (Å²) in [5.41, 5.74) is 1.06. The molecule has 1 aromatic carbocycles. The fraction of sp³-hybridized carbons (Fsp3) is 0.562. The molecule has 0 bridgehead atoms. The van der Waals surface area contributed by atoms with Gasteiger partial charge in [0, 0.05) is 31.1 Å². The smallest absolute Gasteiger partial charge is 0.224 e. The third-order valence-corrected chi connectivity index (χ3v) is 3.96.